The van der Waals surface area contributed by atoms with Crippen LogP contribution in [0.5, 0.6) is 0 Å². The molecule has 3 aromatic rings. The minimum atomic E-state index is -0.0938. The number of hydrogen-bond acceptors (Lipinski definition) is 4. The summed E-state index contributed by atoms with van der Waals surface area (Å²) in [6.07, 6.45) is 2.29. The molecule has 1 fully saturated rings. The summed E-state index contributed by atoms with van der Waals surface area (Å²) < 4.78 is 1.51. The van der Waals surface area contributed by atoms with Gasteiger partial charge in [0.25, 0.3) is 5.56 Å². The first-order valence-electron chi connectivity index (χ1n) is 9.06. The molecule has 1 unspecified atom stereocenters. The summed E-state index contributed by atoms with van der Waals surface area (Å²) in [5, 5.41) is 4.30. The Balaban J connectivity index is 1.47. The Kier molecular flexibility index (Phi) is 4.99. The number of carbonyl (C=O) groups excluding carboxylic acids is 1. The minimum absolute atomic E-state index is 0.0387. The molecule has 138 valence electrons. The van der Waals surface area contributed by atoms with Crippen LogP contribution >= 0.6 is 11.8 Å². The molecule has 6 heteroatoms. The quantitative estimate of drug-likeness (QED) is 0.527. The van der Waals surface area contributed by atoms with E-state index in [-0.39, 0.29) is 23.3 Å². The summed E-state index contributed by atoms with van der Waals surface area (Å²) in [6.45, 7) is 0. The molecule has 0 radical (unpaired) electrons. The Morgan fingerprint density at radius 1 is 1.19 bits per heavy atom. The average Bonchev–Trinajstić information content (AvgIpc) is 3.53. The molecule has 0 saturated heterocycles. The molecule has 1 saturated carbocycles. The molecular formula is C21H21N3O2S. The summed E-state index contributed by atoms with van der Waals surface area (Å²) >= 11 is 1.29. The van der Waals surface area contributed by atoms with Gasteiger partial charge >= 0.3 is 0 Å². The van der Waals surface area contributed by atoms with Crippen LogP contribution in [0, 0.1) is 5.92 Å². The molecule has 1 aliphatic carbocycles. The Morgan fingerprint density at radius 3 is 2.63 bits per heavy atom. The maximum atomic E-state index is 12.5. The van der Waals surface area contributed by atoms with Gasteiger partial charge in [-0.2, -0.15) is 0 Å². The van der Waals surface area contributed by atoms with Gasteiger partial charge in [-0.05, 0) is 36.5 Å². The largest absolute Gasteiger partial charge is 0.348 e. The van der Waals surface area contributed by atoms with Gasteiger partial charge in [0.1, 0.15) is 0 Å². The van der Waals surface area contributed by atoms with Crippen molar-refractivity contribution in [2.75, 3.05) is 5.75 Å². The molecule has 1 amide bonds. The molecule has 0 aliphatic heterocycles. The summed E-state index contributed by atoms with van der Waals surface area (Å²) in [6, 6.07) is 17.4. The van der Waals surface area contributed by atoms with E-state index >= 15 is 0 Å². The zero-order valence-corrected chi connectivity index (χ0v) is 15.9. The predicted molar refractivity (Wildman–Crippen MR) is 108 cm³/mol. The van der Waals surface area contributed by atoms with Crippen LogP contribution in [0.15, 0.2) is 64.5 Å². The van der Waals surface area contributed by atoms with E-state index in [0.29, 0.717) is 22.0 Å². The van der Waals surface area contributed by atoms with Crippen molar-refractivity contribution < 1.29 is 4.79 Å². The second-order valence-corrected chi connectivity index (χ2v) is 7.80. The van der Waals surface area contributed by atoms with Crippen LogP contribution in [0.2, 0.25) is 0 Å². The Morgan fingerprint density at radius 2 is 1.89 bits per heavy atom. The first-order valence-corrected chi connectivity index (χ1v) is 10.0. The minimum Gasteiger partial charge on any atom is -0.348 e. The molecule has 5 nitrogen and oxygen atoms in total. The van der Waals surface area contributed by atoms with E-state index in [2.05, 4.69) is 22.4 Å². The predicted octanol–water partition coefficient (Wildman–Crippen LogP) is 3.29. The van der Waals surface area contributed by atoms with Crippen molar-refractivity contribution in [3.8, 4) is 0 Å². The molecule has 1 aliphatic rings. The van der Waals surface area contributed by atoms with E-state index in [1.165, 1.54) is 16.3 Å². The fraction of sp³-hybridized carbons (Fsp3) is 0.286. The second kappa shape index (κ2) is 7.56. The van der Waals surface area contributed by atoms with Gasteiger partial charge in [-0.25, -0.2) is 4.98 Å². The lowest BCUT2D eigenvalue weighted by Gasteiger charge is -2.19. The summed E-state index contributed by atoms with van der Waals surface area (Å²) in [5.41, 5.74) is 1.71. The van der Waals surface area contributed by atoms with E-state index in [0.717, 1.165) is 18.4 Å². The summed E-state index contributed by atoms with van der Waals surface area (Å²) in [7, 11) is 1.69. The number of aromatic nitrogens is 2. The van der Waals surface area contributed by atoms with Gasteiger partial charge in [0.15, 0.2) is 5.16 Å². The van der Waals surface area contributed by atoms with Gasteiger partial charge in [-0.15, -0.1) is 0 Å². The molecule has 1 atom stereocenters. The molecule has 27 heavy (non-hydrogen) atoms. The fourth-order valence-corrected chi connectivity index (χ4v) is 4.02. The number of thioether (sulfide) groups is 1. The second-order valence-electron chi connectivity index (χ2n) is 6.86. The van der Waals surface area contributed by atoms with Crippen LogP contribution in [0.25, 0.3) is 10.9 Å². The van der Waals surface area contributed by atoms with E-state index in [1.54, 1.807) is 13.1 Å². The van der Waals surface area contributed by atoms with Crippen molar-refractivity contribution in [1.29, 1.82) is 0 Å². The maximum Gasteiger partial charge on any atom is 0.261 e. The van der Waals surface area contributed by atoms with Crippen LogP contribution in [0.3, 0.4) is 0 Å². The van der Waals surface area contributed by atoms with Gasteiger partial charge in [0, 0.05) is 7.05 Å². The number of benzene rings is 2. The highest BCUT2D eigenvalue weighted by Crippen LogP contribution is 2.41. The summed E-state index contributed by atoms with van der Waals surface area (Å²) in [5.74, 6) is 0.710. The molecule has 4 rings (SSSR count). The molecular weight excluding hydrogens is 358 g/mol. The van der Waals surface area contributed by atoms with E-state index in [9.17, 15) is 9.59 Å². The molecule has 1 N–H and O–H groups in total. The Labute approximate surface area is 161 Å². The third kappa shape index (κ3) is 3.90. The number of nitrogens with zero attached hydrogens (tertiary/aromatic N) is 2. The number of para-hydroxylation sites is 1. The average molecular weight is 379 g/mol. The van der Waals surface area contributed by atoms with Gasteiger partial charge in [-0.3, -0.25) is 14.2 Å². The van der Waals surface area contributed by atoms with Gasteiger partial charge in [-0.1, -0.05) is 54.2 Å². The molecule has 1 heterocycles. The Hall–Kier alpha value is -2.60. The number of carbonyl (C=O) groups is 1. The standard InChI is InChI=1S/C21H21N3O2S/c1-24-20(26)16-9-5-6-10-17(16)22-21(24)27-13-18(25)23-19(15-11-12-15)14-7-3-2-4-8-14/h2-10,15,19H,11-13H2,1H3,(H,23,25). The van der Waals surface area contributed by atoms with Gasteiger partial charge < -0.3 is 5.32 Å². The van der Waals surface area contributed by atoms with Gasteiger partial charge in [0.2, 0.25) is 5.91 Å². The van der Waals surface area contributed by atoms with E-state index < -0.39 is 0 Å². The highest BCUT2D eigenvalue weighted by molar-refractivity contribution is 7.99. The van der Waals surface area contributed by atoms with Crippen LogP contribution in [-0.4, -0.2) is 21.2 Å². The van der Waals surface area contributed by atoms with Crippen LogP contribution in [-0.2, 0) is 11.8 Å². The number of fused-ring (bicyclic) bond motifs is 1. The topological polar surface area (TPSA) is 64.0 Å². The number of amides is 1. The smallest absolute Gasteiger partial charge is 0.261 e. The third-order valence-electron chi connectivity index (χ3n) is 4.84. The lowest BCUT2D eigenvalue weighted by atomic mass is 10.0. The molecule has 2 aromatic carbocycles. The van der Waals surface area contributed by atoms with E-state index in [4.69, 9.17) is 0 Å². The number of nitrogens with one attached hydrogen (secondary N) is 1. The van der Waals surface area contributed by atoms with Crippen molar-refractivity contribution in [3.05, 3.63) is 70.5 Å². The first kappa shape index (κ1) is 17.8. The highest BCUT2D eigenvalue weighted by atomic mass is 32.2. The maximum absolute atomic E-state index is 12.5. The van der Waals surface area contributed by atoms with Crippen LogP contribution < -0.4 is 10.9 Å². The monoisotopic (exact) mass is 379 g/mol. The lowest BCUT2D eigenvalue weighted by molar-refractivity contribution is -0.119. The van der Waals surface area contributed by atoms with Crippen LogP contribution in [0.4, 0.5) is 0 Å². The Bertz CT molecular complexity index is 1030. The van der Waals surface area contributed by atoms with Crippen molar-refractivity contribution in [2.45, 2.75) is 24.0 Å². The normalized spacial score (nSPS) is 14.9. The SMILES string of the molecule is Cn1c(SCC(=O)NC(c2ccccc2)C2CC2)nc2ccccc2c1=O. The highest BCUT2D eigenvalue weighted by Gasteiger charge is 2.33. The zero-order chi connectivity index (χ0) is 18.8. The third-order valence-corrected chi connectivity index (χ3v) is 5.87. The van der Waals surface area contributed by atoms with E-state index in [1.807, 2.05) is 36.4 Å². The number of rotatable bonds is 6. The first-order chi connectivity index (χ1) is 13.1. The fourth-order valence-electron chi connectivity index (χ4n) is 3.24. The van der Waals surface area contributed by atoms with Crippen LogP contribution in [0.1, 0.15) is 24.4 Å². The van der Waals surface area contributed by atoms with Crippen molar-refractivity contribution in [3.63, 3.8) is 0 Å². The molecule has 1 aromatic heterocycles. The van der Waals surface area contributed by atoms with Gasteiger partial charge in [0.05, 0.1) is 22.7 Å². The van der Waals surface area contributed by atoms with Crippen molar-refractivity contribution in [1.82, 2.24) is 14.9 Å². The van der Waals surface area contributed by atoms with Crippen molar-refractivity contribution >= 4 is 28.6 Å². The molecule has 0 bridgehead atoms. The zero-order valence-electron chi connectivity index (χ0n) is 15.1. The summed E-state index contributed by atoms with van der Waals surface area (Å²) in [4.78, 5) is 29.5. The van der Waals surface area contributed by atoms with Crippen molar-refractivity contribution in [2.24, 2.45) is 13.0 Å². The number of hydrogen-bond donors (Lipinski definition) is 1. The molecule has 0 spiro atoms. The lowest BCUT2D eigenvalue weighted by Crippen LogP contribution is -2.31.